The van der Waals surface area contributed by atoms with Crippen LogP contribution in [0.4, 0.5) is 17.1 Å². The van der Waals surface area contributed by atoms with Gasteiger partial charge in [0.15, 0.2) is 0 Å². The molecule has 0 aliphatic heterocycles. The molecule has 64 heavy (non-hydrogen) atoms. The van der Waals surface area contributed by atoms with Crippen molar-refractivity contribution in [2.75, 3.05) is 4.90 Å². The molecule has 0 spiro atoms. The first-order valence-corrected chi connectivity index (χ1v) is 25.5. The lowest BCUT2D eigenvalue weighted by Gasteiger charge is -2.34. The average Bonchev–Trinajstić information content (AvgIpc) is 3.93. The summed E-state index contributed by atoms with van der Waals surface area (Å²) in [5.74, 6) is 0. The van der Waals surface area contributed by atoms with Crippen LogP contribution in [0.25, 0.3) is 53.6 Å². The van der Waals surface area contributed by atoms with E-state index in [1.165, 1.54) is 172 Å². The monoisotopic (exact) mass is 855 g/mol. The van der Waals surface area contributed by atoms with Crippen LogP contribution < -0.4 is 4.90 Å². The molecule has 10 rings (SSSR count). The fourth-order valence-electron chi connectivity index (χ4n) is 11.8. The van der Waals surface area contributed by atoms with Gasteiger partial charge in [0.2, 0.25) is 0 Å². The molecule has 0 bridgehead atoms. The van der Waals surface area contributed by atoms with Gasteiger partial charge in [-0.05, 0) is 105 Å². The molecule has 7 aromatic carbocycles. The van der Waals surface area contributed by atoms with Crippen LogP contribution in [-0.4, -0.2) is 0 Å². The molecule has 8 aromatic rings. The molecule has 0 amide bonds. The van der Waals surface area contributed by atoms with Gasteiger partial charge in [-0.25, -0.2) is 0 Å². The number of nitrogens with zero attached hydrogens (tertiary/aromatic N) is 1. The summed E-state index contributed by atoms with van der Waals surface area (Å²) < 4.78 is 2.69. The van der Waals surface area contributed by atoms with Crippen molar-refractivity contribution in [3.63, 3.8) is 0 Å². The Morgan fingerprint density at radius 2 is 1.00 bits per heavy atom. The molecule has 0 fully saturated rings. The highest BCUT2D eigenvalue weighted by molar-refractivity contribution is 7.25. The number of unbranched alkanes of at least 4 members (excludes halogenated alkanes) is 10. The number of hydrogen-bond donors (Lipinski definition) is 0. The van der Waals surface area contributed by atoms with Crippen molar-refractivity contribution in [3.05, 3.63) is 174 Å². The van der Waals surface area contributed by atoms with Crippen LogP contribution in [0.2, 0.25) is 0 Å². The second-order valence-corrected chi connectivity index (χ2v) is 20.5. The molecule has 0 saturated carbocycles. The highest BCUT2D eigenvalue weighted by Crippen LogP contribution is 2.59. The zero-order chi connectivity index (χ0) is 43.7. The van der Waals surface area contributed by atoms with Crippen LogP contribution in [-0.2, 0) is 10.8 Å². The van der Waals surface area contributed by atoms with E-state index in [2.05, 4.69) is 184 Å². The second-order valence-electron chi connectivity index (χ2n) is 19.4. The first kappa shape index (κ1) is 42.5. The van der Waals surface area contributed by atoms with Gasteiger partial charge in [0.1, 0.15) is 0 Å². The van der Waals surface area contributed by atoms with Gasteiger partial charge in [-0.15, -0.1) is 11.3 Å². The summed E-state index contributed by atoms with van der Waals surface area (Å²) in [6.07, 6.45) is 18.3. The molecule has 2 aliphatic carbocycles. The Kier molecular flexibility index (Phi) is 12.1. The Labute approximate surface area is 387 Å². The van der Waals surface area contributed by atoms with Crippen LogP contribution in [0.15, 0.2) is 152 Å². The van der Waals surface area contributed by atoms with E-state index in [1.807, 2.05) is 11.3 Å². The zero-order valence-electron chi connectivity index (χ0n) is 38.7. The summed E-state index contributed by atoms with van der Waals surface area (Å²) in [6.45, 7) is 9.43. The maximum absolute atomic E-state index is 2.60. The maximum Gasteiger partial charge on any atom is 0.0543 e. The summed E-state index contributed by atoms with van der Waals surface area (Å²) >= 11 is 1.89. The van der Waals surface area contributed by atoms with Crippen LogP contribution in [0.5, 0.6) is 0 Å². The molecule has 1 nitrogen and oxygen atoms in total. The van der Waals surface area contributed by atoms with E-state index in [4.69, 9.17) is 0 Å². The molecule has 0 unspecified atom stereocenters. The summed E-state index contributed by atoms with van der Waals surface area (Å²) in [6, 6.07) is 58.4. The third kappa shape index (κ3) is 7.50. The molecule has 1 heterocycles. The lowest BCUT2D eigenvalue weighted by Crippen LogP contribution is -2.25. The number of anilines is 3. The van der Waals surface area contributed by atoms with E-state index in [9.17, 15) is 0 Å². The maximum atomic E-state index is 2.60. The third-order valence-electron chi connectivity index (χ3n) is 15.1. The number of rotatable bonds is 18. The summed E-state index contributed by atoms with van der Waals surface area (Å²) in [4.78, 5) is 2.60. The molecule has 1 aromatic heterocycles. The summed E-state index contributed by atoms with van der Waals surface area (Å²) in [5, 5.41) is 2.70. The fraction of sp³-hybridized carbons (Fsp3) is 0.323. The normalized spacial score (nSPS) is 14.1. The average molecular weight is 856 g/mol. The molecule has 0 radical (unpaired) electrons. The lowest BCUT2D eigenvalue weighted by atomic mass is 9.70. The van der Waals surface area contributed by atoms with Crippen molar-refractivity contribution >= 4 is 48.6 Å². The van der Waals surface area contributed by atoms with E-state index >= 15 is 0 Å². The second kappa shape index (κ2) is 18.2. The van der Waals surface area contributed by atoms with Gasteiger partial charge in [0, 0.05) is 47.9 Å². The minimum atomic E-state index is -0.0522. The number of hydrogen-bond acceptors (Lipinski definition) is 2. The van der Waals surface area contributed by atoms with E-state index < -0.39 is 0 Å². The highest BCUT2D eigenvalue weighted by Gasteiger charge is 2.44. The Morgan fingerprint density at radius 1 is 0.438 bits per heavy atom. The van der Waals surface area contributed by atoms with Gasteiger partial charge in [-0.1, -0.05) is 214 Å². The van der Waals surface area contributed by atoms with Gasteiger partial charge in [0.25, 0.3) is 0 Å². The minimum Gasteiger partial charge on any atom is -0.310 e. The Bertz CT molecular complexity index is 2890. The molecular formula is C62H65NS. The van der Waals surface area contributed by atoms with Gasteiger partial charge in [-0.2, -0.15) is 0 Å². The van der Waals surface area contributed by atoms with Crippen LogP contribution in [0.1, 0.15) is 140 Å². The quantitative estimate of drug-likeness (QED) is 0.0777. The van der Waals surface area contributed by atoms with Gasteiger partial charge >= 0.3 is 0 Å². The van der Waals surface area contributed by atoms with E-state index in [0.29, 0.717) is 0 Å². The van der Waals surface area contributed by atoms with Gasteiger partial charge in [-0.3, -0.25) is 0 Å². The predicted octanol–water partition coefficient (Wildman–Crippen LogP) is 19.3. The van der Waals surface area contributed by atoms with Crippen LogP contribution in [0.3, 0.4) is 0 Å². The molecule has 0 saturated heterocycles. The van der Waals surface area contributed by atoms with Gasteiger partial charge < -0.3 is 4.90 Å². The molecular weight excluding hydrogens is 791 g/mol. The predicted molar refractivity (Wildman–Crippen MR) is 279 cm³/mol. The smallest absolute Gasteiger partial charge is 0.0543 e. The fourth-order valence-corrected chi connectivity index (χ4v) is 13.0. The van der Waals surface area contributed by atoms with Crippen molar-refractivity contribution in [3.8, 4) is 33.4 Å². The number of thiophene rings is 1. The summed E-state index contributed by atoms with van der Waals surface area (Å²) in [7, 11) is 0. The van der Waals surface area contributed by atoms with E-state index in [1.54, 1.807) is 11.1 Å². The van der Waals surface area contributed by atoms with Crippen molar-refractivity contribution in [2.45, 2.75) is 128 Å². The van der Waals surface area contributed by atoms with Crippen LogP contribution in [0, 0.1) is 0 Å². The first-order valence-electron chi connectivity index (χ1n) is 24.7. The molecule has 0 atom stereocenters. The highest BCUT2D eigenvalue weighted by atomic mass is 32.1. The largest absolute Gasteiger partial charge is 0.310 e. The Balaban J connectivity index is 1.12. The zero-order valence-corrected chi connectivity index (χ0v) is 39.5. The van der Waals surface area contributed by atoms with Crippen molar-refractivity contribution in [2.24, 2.45) is 0 Å². The standard InChI is InChI=1S/C62H65NS/c1-5-7-9-11-13-21-41-62(42-22-14-12-10-8-6-2)54-30-19-16-26-49(54)60-55(62)31-24-32-56(60)63(46-39-40-53-51(43-46)48-25-15-18-29-52(48)61(53,3)4)45-37-35-44(36-38-45)47-28-23-34-58-59(47)50-27-17-20-33-57(50)64-58/h15-20,23-40,43H,5-14,21-22,41-42H2,1-4H3. The summed E-state index contributed by atoms with van der Waals surface area (Å²) in [5.41, 5.74) is 17.7. The SMILES string of the molecule is CCCCCCCCC1(CCCCCCCC)c2ccccc2-c2c(N(c3ccc(-c4cccc5sc6ccccc6c45)cc3)c3ccc4c(c3)-c3ccccc3C4(C)C)cccc21. The molecule has 2 aliphatic rings. The first-order chi connectivity index (χ1) is 31.4. The number of fused-ring (bicyclic) bond motifs is 9. The van der Waals surface area contributed by atoms with Crippen molar-refractivity contribution < 1.29 is 0 Å². The van der Waals surface area contributed by atoms with Crippen molar-refractivity contribution in [1.29, 1.82) is 0 Å². The lowest BCUT2D eigenvalue weighted by molar-refractivity contribution is 0.398. The van der Waals surface area contributed by atoms with Crippen LogP contribution >= 0.6 is 11.3 Å². The molecule has 0 N–H and O–H groups in total. The Hall–Kier alpha value is -5.44. The minimum absolute atomic E-state index is 0.00979. The van der Waals surface area contributed by atoms with E-state index in [-0.39, 0.29) is 10.8 Å². The topological polar surface area (TPSA) is 3.24 Å². The number of benzene rings is 7. The van der Waals surface area contributed by atoms with E-state index in [0.717, 1.165) is 0 Å². The van der Waals surface area contributed by atoms with Gasteiger partial charge in [0.05, 0.1) is 5.69 Å². The molecule has 324 valence electrons. The molecule has 2 heteroatoms. The third-order valence-corrected chi connectivity index (χ3v) is 16.2. The Morgan fingerprint density at radius 3 is 1.75 bits per heavy atom. The van der Waals surface area contributed by atoms with Crippen molar-refractivity contribution in [1.82, 2.24) is 0 Å².